The van der Waals surface area contributed by atoms with Crippen LogP contribution in [0.5, 0.6) is 0 Å². The van der Waals surface area contributed by atoms with Crippen molar-refractivity contribution < 1.29 is 29.4 Å². The van der Waals surface area contributed by atoms with Crippen molar-refractivity contribution in [2.24, 2.45) is 0 Å². The second-order valence-corrected chi connectivity index (χ2v) is 5.53. The van der Waals surface area contributed by atoms with E-state index in [1.807, 2.05) is 6.07 Å². The third-order valence-electron chi connectivity index (χ3n) is 3.63. The molecule has 2 aromatic rings. The second-order valence-electron chi connectivity index (χ2n) is 5.53. The molecule has 0 fully saturated rings. The van der Waals surface area contributed by atoms with E-state index in [9.17, 15) is 14.7 Å². The van der Waals surface area contributed by atoms with Crippen LogP contribution in [0.15, 0.2) is 28.8 Å². The Balaban J connectivity index is 2.12. The van der Waals surface area contributed by atoms with E-state index in [2.05, 4.69) is 10.5 Å². The number of carboxylic acids is 1. The van der Waals surface area contributed by atoms with Gasteiger partial charge in [-0.2, -0.15) is 5.26 Å². The van der Waals surface area contributed by atoms with Gasteiger partial charge in [-0.3, -0.25) is 9.69 Å². The standard InChI is InChI=1S/C17H18N4O6/c18-9-11-1-2-14(13(7-11)17(25)26)19-16(24)15-8-12(27-20-15)10-21(3-5-22)4-6-23/h1-2,7-8,22-23H,3-6,10H2,(H,19,24)(H,25,26). The van der Waals surface area contributed by atoms with Crippen molar-refractivity contribution in [3.63, 3.8) is 0 Å². The largest absolute Gasteiger partial charge is 0.478 e. The van der Waals surface area contributed by atoms with Gasteiger partial charge in [-0.15, -0.1) is 0 Å². The molecule has 4 N–H and O–H groups in total. The van der Waals surface area contributed by atoms with Crippen LogP contribution < -0.4 is 5.32 Å². The van der Waals surface area contributed by atoms with Crippen molar-refractivity contribution in [1.82, 2.24) is 10.1 Å². The number of aromatic carboxylic acids is 1. The summed E-state index contributed by atoms with van der Waals surface area (Å²) in [7, 11) is 0. The number of hydrogen-bond donors (Lipinski definition) is 4. The van der Waals surface area contributed by atoms with Crippen molar-refractivity contribution in [2.75, 3.05) is 31.6 Å². The first kappa shape index (κ1) is 20.1. The zero-order valence-corrected chi connectivity index (χ0v) is 14.3. The van der Waals surface area contributed by atoms with E-state index in [4.69, 9.17) is 20.0 Å². The molecule has 0 spiro atoms. The summed E-state index contributed by atoms with van der Waals surface area (Å²) in [6.07, 6.45) is 0. The lowest BCUT2D eigenvalue weighted by atomic mass is 10.1. The number of nitrogens with zero attached hydrogens (tertiary/aromatic N) is 3. The van der Waals surface area contributed by atoms with Gasteiger partial charge < -0.3 is 25.2 Å². The van der Waals surface area contributed by atoms with Crippen LogP contribution in [-0.2, 0) is 6.54 Å². The fourth-order valence-corrected chi connectivity index (χ4v) is 2.35. The predicted octanol–water partition coefficient (Wildman–Crippen LogP) is 0.283. The molecular weight excluding hydrogens is 356 g/mol. The molecule has 0 saturated heterocycles. The first-order valence-corrected chi connectivity index (χ1v) is 7.97. The molecule has 27 heavy (non-hydrogen) atoms. The summed E-state index contributed by atoms with van der Waals surface area (Å²) >= 11 is 0. The Bertz CT molecular complexity index is 851. The number of aliphatic hydroxyl groups excluding tert-OH is 2. The average molecular weight is 374 g/mol. The number of carbonyl (C=O) groups is 2. The fraction of sp³-hybridized carbons (Fsp3) is 0.294. The molecule has 0 aliphatic rings. The summed E-state index contributed by atoms with van der Waals surface area (Å²) in [5.74, 6) is -1.61. The monoisotopic (exact) mass is 374 g/mol. The molecule has 10 nitrogen and oxygen atoms in total. The molecule has 2 rings (SSSR count). The van der Waals surface area contributed by atoms with E-state index in [0.717, 1.165) is 6.07 Å². The maximum atomic E-state index is 12.3. The summed E-state index contributed by atoms with van der Waals surface area (Å²) in [6, 6.07) is 7.09. The molecule has 142 valence electrons. The number of rotatable bonds is 9. The average Bonchev–Trinajstić information content (AvgIpc) is 3.11. The number of carbonyl (C=O) groups excluding carboxylic acids is 1. The molecule has 1 aromatic carbocycles. The number of benzene rings is 1. The Morgan fingerprint density at radius 1 is 1.22 bits per heavy atom. The molecule has 0 aliphatic heterocycles. The molecule has 10 heteroatoms. The first-order chi connectivity index (χ1) is 13.0. The Hall–Kier alpha value is -3.26. The lowest BCUT2D eigenvalue weighted by Crippen LogP contribution is -2.29. The maximum Gasteiger partial charge on any atom is 0.337 e. The number of nitrogens with one attached hydrogen (secondary N) is 1. The molecule has 0 atom stereocenters. The van der Waals surface area contributed by atoms with E-state index < -0.39 is 11.9 Å². The molecule has 1 amide bonds. The number of amides is 1. The lowest BCUT2D eigenvalue weighted by molar-refractivity contribution is 0.0698. The molecule has 0 radical (unpaired) electrons. The first-order valence-electron chi connectivity index (χ1n) is 7.97. The highest BCUT2D eigenvalue weighted by molar-refractivity contribution is 6.06. The molecule has 1 heterocycles. The maximum absolute atomic E-state index is 12.3. The van der Waals surface area contributed by atoms with Crippen molar-refractivity contribution in [3.05, 3.63) is 46.8 Å². The van der Waals surface area contributed by atoms with Gasteiger partial charge in [0.1, 0.15) is 0 Å². The third-order valence-corrected chi connectivity index (χ3v) is 3.63. The Morgan fingerprint density at radius 2 is 1.93 bits per heavy atom. The number of hydrogen-bond acceptors (Lipinski definition) is 8. The Kier molecular flexibility index (Phi) is 7.01. The fourth-order valence-electron chi connectivity index (χ4n) is 2.35. The van der Waals surface area contributed by atoms with Crippen LogP contribution in [0.3, 0.4) is 0 Å². The van der Waals surface area contributed by atoms with Gasteiger partial charge in [0.25, 0.3) is 5.91 Å². The molecular formula is C17H18N4O6. The van der Waals surface area contributed by atoms with Crippen LogP contribution in [0, 0.1) is 11.3 Å². The number of carboxylic acid groups (broad SMARTS) is 1. The predicted molar refractivity (Wildman–Crippen MR) is 92.0 cm³/mol. The minimum atomic E-state index is -1.29. The van der Waals surface area contributed by atoms with Gasteiger partial charge in [0.2, 0.25) is 0 Å². The highest BCUT2D eigenvalue weighted by atomic mass is 16.5. The van der Waals surface area contributed by atoms with Gasteiger partial charge in [0, 0.05) is 19.2 Å². The summed E-state index contributed by atoms with van der Waals surface area (Å²) in [5, 5.41) is 42.2. The van der Waals surface area contributed by atoms with Crippen molar-refractivity contribution in [2.45, 2.75) is 6.54 Å². The van der Waals surface area contributed by atoms with E-state index in [1.165, 1.54) is 18.2 Å². The quantitative estimate of drug-likeness (QED) is 0.483. The highest BCUT2D eigenvalue weighted by Gasteiger charge is 2.18. The summed E-state index contributed by atoms with van der Waals surface area (Å²) in [4.78, 5) is 25.3. The van der Waals surface area contributed by atoms with Gasteiger partial charge in [0.05, 0.1) is 42.6 Å². The topological polar surface area (TPSA) is 160 Å². The third kappa shape index (κ3) is 5.35. The van der Waals surface area contributed by atoms with Crippen LogP contribution in [0.25, 0.3) is 0 Å². The summed E-state index contributed by atoms with van der Waals surface area (Å²) in [5.41, 5.74) is -0.0953. The van der Waals surface area contributed by atoms with Crippen LogP contribution >= 0.6 is 0 Å². The van der Waals surface area contributed by atoms with E-state index in [1.54, 1.807) is 4.90 Å². The Morgan fingerprint density at radius 3 is 2.52 bits per heavy atom. The van der Waals surface area contributed by atoms with Crippen LogP contribution in [-0.4, -0.2) is 63.6 Å². The lowest BCUT2D eigenvalue weighted by Gasteiger charge is -2.17. The van der Waals surface area contributed by atoms with Gasteiger partial charge in [-0.25, -0.2) is 4.79 Å². The van der Waals surface area contributed by atoms with Crippen molar-refractivity contribution in [3.8, 4) is 6.07 Å². The van der Waals surface area contributed by atoms with Crippen molar-refractivity contribution >= 4 is 17.6 Å². The van der Waals surface area contributed by atoms with E-state index >= 15 is 0 Å². The van der Waals surface area contributed by atoms with Gasteiger partial charge >= 0.3 is 5.97 Å². The van der Waals surface area contributed by atoms with E-state index in [-0.39, 0.29) is 42.3 Å². The summed E-state index contributed by atoms with van der Waals surface area (Å²) < 4.78 is 5.09. The zero-order valence-electron chi connectivity index (χ0n) is 14.3. The minimum Gasteiger partial charge on any atom is -0.478 e. The van der Waals surface area contributed by atoms with Gasteiger partial charge in [-0.1, -0.05) is 5.16 Å². The molecule has 0 unspecified atom stereocenters. The normalized spacial score (nSPS) is 10.6. The van der Waals surface area contributed by atoms with Crippen LogP contribution in [0.4, 0.5) is 5.69 Å². The number of nitriles is 1. The minimum absolute atomic E-state index is 0.0261. The van der Waals surface area contributed by atoms with Crippen LogP contribution in [0.1, 0.15) is 32.2 Å². The molecule has 1 aromatic heterocycles. The van der Waals surface area contributed by atoms with Crippen molar-refractivity contribution in [1.29, 1.82) is 5.26 Å². The Labute approximate surface area is 154 Å². The molecule has 0 bridgehead atoms. The second kappa shape index (κ2) is 9.44. The number of anilines is 1. The molecule has 0 aliphatic carbocycles. The van der Waals surface area contributed by atoms with Gasteiger partial charge in [0.15, 0.2) is 11.5 Å². The number of aliphatic hydroxyl groups is 2. The van der Waals surface area contributed by atoms with E-state index in [0.29, 0.717) is 18.8 Å². The summed E-state index contributed by atoms with van der Waals surface area (Å²) in [6.45, 7) is 0.668. The highest BCUT2D eigenvalue weighted by Crippen LogP contribution is 2.19. The SMILES string of the molecule is N#Cc1ccc(NC(=O)c2cc(CN(CCO)CCO)on2)c(C(=O)O)c1. The van der Waals surface area contributed by atoms with Gasteiger partial charge in [-0.05, 0) is 18.2 Å². The number of aromatic nitrogens is 1. The van der Waals surface area contributed by atoms with Crippen LogP contribution in [0.2, 0.25) is 0 Å². The zero-order chi connectivity index (χ0) is 19.8. The smallest absolute Gasteiger partial charge is 0.337 e. The molecule has 0 saturated carbocycles.